The molecular formula is C18H19NO5. The second-order valence-electron chi connectivity index (χ2n) is 5.14. The standard InChI is InChI=1S/C18H19NO5/c1-12(17(21)19(2)13-8-5-4-6-9-13)24-18(22)14-10-7-11-15(23-3)16(14)20/h4-12,20H,1-3H3/t12-/m0/s1. The lowest BCUT2D eigenvalue weighted by Crippen LogP contribution is -2.37. The van der Waals surface area contributed by atoms with Crippen molar-refractivity contribution in [2.75, 3.05) is 19.1 Å². The fourth-order valence-corrected chi connectivity index (χ4v) is 2.18. The van der Waals surface area contributed by atoms with Crippen molar-refractivity contribution < 1.29 is 24.2 Å². The number of nitrogens with zero attached hydrogens (tertiary/aromatic N) is 1. The molecule has 1 amide bonds. The van der Waals surface area contributed by atoms with Crippen molar-refractivity contribution in [3.63, 3.8) is 0 Å². The summed E-state index contributed by atoms with van der Waals surface area (Å²) < 4.78 is 10.1. The lowest BCUT2D eigenvalue weighted by atomic mass is 10.2. The highest BCUT2D eigenvalue weighted by Crippen LogP contribution is 2.30. The lowest BCUT2D eigenvalue weighted by Gasteiger charge is -2.21. The summed E-state index contributed by atoms with van der Waals surface area (Å²) >= 11 is 0. The topological polar surface area (TPSA) is 76.1 Å². The zero-order chi connectivity index (χ0) is 17.7. The normalized spacial score (nSPS) is 11.5. The maximum atomic E-state index is 12.4. The Morgan fingerprint density at radius 3 is 2.38 bits per heavy atom. The fraction of sp³-hybridized carbons (Fsp3) is 0.222. The van der Waals surface area contributed by atoms with Crippen LogP contribution in [0.4, 0.5) is 5.69 Å². The van der Waals surface area contributed by atoms with Gasteiger partial charge in [0.15, 0.2) is 17.6 Å². The van der Waals surface area contributed by atoms with Gasteiger partial charge in [0.25, 0.3) is 5.91 Å². The number of hydrogen-bond donors (Lipinski definition) is 1. The number of phenols is 1. The smallest absolute Gasteiger partial charge is 0.342 e. The van der Waals surface area contributed by atoms with E-state index < -0.39 is 12.1 Å². The van der Waals surface area contributed by atoms with Crippen LogP contribution in [0.15, 0.2) is 48.5 Å². The van der Waals surface area contributed by atoms with Gasteiger partial charge in [-0.05, 0) is 31.2 Å². The highest BCUT2D eigenvalue weighted by atomic mass is 16.5. The number of benzene rings is 2. The first-order valence-electron chi connectivity index (χ1n) is 7.35. The number of anilines is 1. The van der Waals surface area contributed by atoms with E-state index in [0.29, 0.717) is 5.69 Å². The number of para-hydroxylation sites is 2. The number of amides is 1. The summed E-state index contributed by atoms with van der Waals surface area (Å²) in [5, 5.41) is 9.98. The van der Waals surface area contributed by atoms with Gasteiger partial charge in [0.2, 0.25) is 0 Å². The van der Waals surface area contributed by atoms with Crippen molar-refractivity contribution in [1.82, 2.24) is 0 Å². The second-order valence-corrected chi connectivity index (χ2v) is 5.14. The molecule has 2 aromatic carbocycles. The van der Waals surface area contributed by atoms with E-state index in [1.165, 1.54) is 31.1 Å². The van der Waals surface area contributed by atoms with Crippen LogP contribution in [0.25, 0.3) is 0 Å². The Balaban J connectivity index is 2.10. The molecular weight excluding hydrogens is 310 g/mol. The van der Waals surface area contributed by atoms with Crippen LogP contribution in [0.1, 0.15) is 17.3 Å². The molecule has 0 saturated heterocycles. The fourth-order valence-electron chi connectivity index (χ4n) is 2.18. The summed E-state index contributed by atoms with van der Waals surface area (Å²) in [6.45, 7) is 1.48. The van der Waals surface area contributed by atoms with E-state index in [2.05, 4.69) is 0 Å². The number of aromatic hydroxyl groups is 1. The molecule has 1 N–H and O–H groups in total. The van der Waals surface area contributed by atoms with Crippen molar-refractivity contribution in [2.24, 2.45) is 0 Å². The molecule has 0 saturated carbocycles. The van der Waals surface area contributed by atoms with Gasteiger partial charge >= 0.3 is 5.97 Å². The summed E-state index contributed by atoms with van der Waals surface area (Å²) in [5.74, 6) is -1.34. The van der Waals surface area contributed by atoms with Crippen molar-refractivity contribution in [3.8, 4) is 11.5 Å². The number of carbonyl (C=O) groups is 2. The molecule has 0 unspecified atom stereocenters. The van der Waals surface area contributed by atoms with E-state index in [9.17, 15) is 14.7 Å². The molecule has 6 heteroatoms. The first-order chi connectivity index (χ1) is 11.5. The Labute approximate surface area is 140 Å². The Hall–Kier alpha value is -3.02. The van der Waals surface area contributed by atoms with Crippen molar-refractivity contribution in [2.45, 2.75) is 13.0 Å². The van der Waals surface area contributed by atoms with Crippen LogP contribution < -0.4 is 9.64 Å². The number of rotatable bonds is 5. The predicted octanol–water partition coefficient (Wildman–Crippen LogP) is 2.61. The van der Waals surface area contributed by atoms with E-state index in [4.69, 9.17) is 9.47 Å². The molecule has 0 aliphatic rings. The summed E-state index contributed by atoms with van der Waals surface area (Å²) in [4.78, 5) is 26.0. The molecule has 0 bridgehead atoms. The van der Waals surface area contributed by atoms with Crippen LogP contribution in [0.3, 0.4) is 0 Å². The van der Waals surface area contributed by atoms with Crippen LogP contribution in [0.2, 0.25) is 0 Å². The zero-order valence-corrected chi connectivity index (χ0v) is 13.7. The van der Waals surface area contributed by atoms with Crippen LogP contribution in [0.5, 0.6) is 11.5 Å². The Kier molecular flexibility index (Phi) is 5.42. The van der Waals surface area contributed by atoms with E-state index in [-0.39, 0.29) is 23.0 Å². The molecule has 0 radical (unpaired) electrons. The molecule has 0 aromatic heterocycles. The summed E-state index contributed by atoms with van der Waals surface area (Å²) in [7, 11) is 2.98. The Morgan fingerprint density at radius 1 is 1.08 bits per heavy atom. The highest BCUT2D eigenvalue weighted by molar-refractivity contribution is 5.99. The minimum absolute atomic E-state index is 0.0589. The number of hydrogen-bond acceptors (Lipinski definition) is 5. The van der Waals surface area contributed by atoms with Crippen molar-refractivity contribution >= 4 is 17.6 Å². The van der Waals surface area contributed by atoms with Crippen LogP contribution >= 0.6 is 0 Å². The molecule has 2 rings (SSSR count). The SMILES string of the molecule is COc1cccc(C(=O)O[C@@H](C)C(=O)N(C)c2ccccc2)c1O. The second kappa shape index (κ2) is 7.50. The number of likely N-dealkylation sites (N-methyl/N-ethyl adjacent to an activating group) is 1. The van der Waals surface area contributed by atoms with Gasteiger partial charge in [-0.25, -0.2) is 4.79 Å². The average Bonchev–Trinajstić information content (AvgIpc) is 2.61. The first kappa shape index (κ1) is 17.3. The maximum absolute atomic E-state index is 12.4. The molecule has 0 spiro atoms. The van der Waals surface area contributed by atoms with Gasteiger partial charge in [-0.15, -0.1) is 0 Å². The molecule has 24 heavy (non-hydrogen) atoms. The van der Waals surface area contributed by atoms with E-state index >= 15 is 0 Å². The van der Waals surface area contributed by atoms with Gasteiger partial charge in [-0.3, -0.25) is 4.79 Å². The Bertz CT molecular complexity index is 729. The Morgan fingerprint density at radius 2 is 1.75 bits per heavy atom. The number of ether oxygens (including phenoxy) is 2. The quantitative estimate of drug-likeness (QED) is 0.853. The van der Waals surface area contributed by atoms with Gasteiger partial charge in [-0.2, -0.15) is 0 Å². The molecule has 0 heterocycles. The number of phenolic OH excluding ortho intramolecular Hbond substituents is 1. The summed E-state index contributed by atoms with van der Waals surface area (Å²) in [5.41, 5.74) is 0.631. The number of carbonyl (C=O) groups excluding carboxylic acids is 2. The summed E-state index contributed by atoms with van der Waals surface area (Å²) in [6, 6.07) is 13.5. The monoisotopic (exact) mass is 329 g/mol. The minimum Gasteiger partial charge on any atom is -0.504 e. The number of esters is 1. The zero-order valence-electron chi connectivity index (χ0n) is 13.7. The third kappa shape index (κ3) is 3.65. The lowest BCUT2D eigenvalue weighted by molar-refractivity contribution is -0.126. The largest absolute Gasteiger partial charge is 0.504 e. The van der Waals surface area contributed by atoms with Crippen molar-refractivity contribution in [3.05, 3.63) is 54.1 Å². The van der Waals surface area contributed by atoms with Gasteiger partial charge in [0.05, 0.1) is 7.11 Å². The predicted molar refractivity (Wildman–Crippen MR) is 89.4 cm³/mol. The van der Waals surface area contributed by atoms with Gasteiger partial charge in [-0.1, -0.05) is 24.3 Å². The van der Waals surface area contributed by atoms with E-state index in [0.717, 1.165) is 0 Å². The highest BCUT2D eigenvalue weighted by Gasteiger charge is 2.25. The van der Waals surface area contributed by atoms with Gasteiger partial charge in [0.1, 0.15) is 5.56 Å². The van der Waals surface area contributed by atoms with Crippen molar-refractivity contribution in [1.29, 1.82) is 0 Å². The van der Waals surface area contributed by atoms with Gasteiger partial charge < -0.3 is 19.5 Å². The van der Waals surface area contributed by atoms with E-state index in [1.807, 2.05) is 18.2 Å². The average molecular weight is 329 g/mol. The van der Waals surface area contributed by atoms with Gasteiger partial charge in [0, 0.05) is 12.7 Å². The molecule has 2 aromatic rings. The summed E-state index contributed by atoms with van der Waals surface area (Å²) in [6.07, 6.45) is -1.01. The van der Waals surface area contributed by atoms with Crippen LogP contribution in [-0.2, 0) is 9.53 Å². The van der Waals surface area contributed by atoms with Crippen LogP contribution in [-0.4, -0.2) is 37.2 Å². The molecule has 1 atom stereocenters. The molecule has 6 nitrogen and oxygen atoms in total. The maximum Gasteiger partial charge on any atom is 0.342 e. The van der Waals surface area contributed by atoms with Crippen LogP contribution in [0, 0.1) is 0 Å². The first-order valence-corrected chi connectivity index (χ1v) is 7.35. The molecule has 0 aliphatic heterocycles. The molecule has 0 aliphatic carbocycles. The third-order valence-corrected chi connectivity index (χ3v) is 3.54. The molecule has 126 valence electrons. The van der Waals surface area contributed by atoms with E-state index in [1.54, 1.807) is 25.2 Å². The molecule has 0 fully saturated rings. The third-order valence-electron chi connectivity index (χ3n) is 3.54. The minimum atomic E-state index is -1.01. The number of methoxy groups -OCH3 is 1.